The highest BCUT2D eigenvalue weighted by molar-refractivity contribution is 5.99. The molecule has 3 fully saturated rings. The van der Waals surface area contributed by atoms with Gasteiger partial charge in [0.1, 0.15) is 0 Å². The lowest BCUT2D eigenvalue weighted by molar-refractivity contribution is -0.147. The summed E-state index contributed by atoms with van der Waals surface area (Å²) < 4.78 is 5.49. The first-order chi connectivity index (χ1) is 7.67. The van der Waals surface area contributed by atoms with Crippen LogP contribution < -0.4 is 0 Å². The molecular formula is C13H16O3. The average Bonchev–Trinajstić information content (AvgIpc) is 3.06. The Balaban J connectivity index is 1.81. The number of aliphatic hydroxyl groups is 1. The van der Waals surface area contributed by atoms with E-state index in [0.29, 0.717) is 18.3 Å². The molecule has 0 aromatic rings. The molecule has 0 aromatic heterocycles. The average molecular weight is 220 g/mol. The third-order valence-electron chi connectivity index (χ3n) is 5.20. The molecule has 2 saturated carbocycles. The van der Waals surface area contributed by atoms with Crippen LogP contribution in [0.25, 0.3) is 0 Å². The van der Waals surface area contributed by atoms with Gasteiger partial charge in [0, 0.05) is 5.92 Å². The van der Waals surface area contributed by atoms with Crippen LogP contribution in [0.2, 0.25) is 0 Å². The van der Waals surface area contributed by atoms with Crippen molar-refractivity contribution >= 4 is 5.78 Å². The lowest BCUT2D eigenvalue weighted by Crippen LogP contribution is -2.58. The van der Waals surface area contributed by atoms with Crippen LogP contribution >= 0.6 is 0 Å². The SMILES string of the molecule is O=C1C23C=CC(CC2CC(O)CC3)C12CO2. The van der Waals surface area contributed by atoms with E-state index in [1.807, 2.05) is 0 Å². The predicted octanol–water partition coefficient (Wildman–Crippen LogP) is 1.06. The van der Waals surface area contributed by atoms with Crippen molar-refractivity contribution < 1.29 is 14.6 Å². The Labute approximate surface area is 94.5 Å². The zero-order valence-electron chi connectivity index (χ0n) is 9.19. The molecule has 5 atom stereocenters. The second kappa shape index (κ2) is 2.59. The predicted molar refractivity (Wildman–Crippen MR) is 56.7 cm³/mol. The topological polar surface area (TPSA) is 49.8 Å². The van der Waals surface area contributed by atoms with Crippen molar-refractivity contribution in [3.63, 3.8) is 0 Å². The molecule has 1 N–H and O–H groups in total. The Hall–Kier alpha value is -0.670. The van der Waals surface area contributed by atoms with Crippen LogP contribution in [-0.4, -0.2) is 29.2 Å². The lowest BCUT2D eigenvalue weighted by atomic mass is 9.49. The number of rotatable bonds is 0. The molecule has 3 heteroatoms. The number of carbonyl (C=O) groups is 1. The number of hydrogen-bond acceptors (Lipinski definition) is 3. The van der Waals surface area contributed by atoms with Crippen LogP contribution in [0.15, 0.2) is 12.2 Å². The summed E-state index contributed by atoms with van der Waals surface area (Å²) in [5.41, 5.74) is -0.724. The van der Waals surface area contributed by atoms with Crippen molar-refractivity contribution in [2.45, 2.75) is 37.4 Å². The highest BCUT2D eigenvalue weighted by atomic mass is 16.6. The number of carbonyl (C=O) groups excluding carboxylic acids is 1. The summed E-state index contributed by atoms with van der Waals surface area (Å²) >= 11 is 0. The molecule has 2 bridgehead atoms. The van der Waals surface area contributed by atoms with E-state index in [9.17, 15) is 9.90 Å². The van der Waals surface area contributed by atoms with Gasteiger partial charge in [-0.3, -0.25) is 4.79 Å². The zero-order valence-corrected chi connectivity index (χ0v) is 9.19. The molecular weight excluding hydrogens is 204 g/mol. The molecule has 16 heavy (non-hydrogen) atoms. The summed E-state index contributed by atoms with van der Waals surface area (Å²) in [6.07, 6.45) is 7.52. The normalized spacial score (nSPS) is 57.8. The van der Waals surface area contributed by atoms with Crippen molar-refractivity contribution in [2.75, 3.05) is 6.61 Å². The standard InChI is InChI=1S/C13H16O3/c14-10-2-4-12-3-1-8(5-9(12)6-10)13(7-16-13)11(12)15/h1,3,8-10,14H,2,4-7H2. The molecule has 0 aromatic carbocycles. The minimum absolute atomic E-state index is 0.202. The van der Waals surface area contributed by atoms with Gasteiger partial charge in [0.25, 0.3) is 0 Å². The molecule has 5 rings (SSSR count). The number of Topliss-reactive ketones (excluding diaryl/α,β-unsaturated/α-hetero) is 1. The van der Waals surface area contributed by atoms with E-state index in [1.165, 1.54) is 0 Å². The van der Waals surface area contributed by atoms with E-state index in [1.54, 1.807) is 0 Å². The molecule has 1 heterocycles. The summed E-state index contributed by atoms with van der Waals surface area (Å²) in [6.45, 7) is 0.623. The van der Waals surface area contributed by atoms with Crippen LogP contribution in [0.4, 0.5) is 0 Å². The van der Waals surface area contributed by atoms with Crippen molar-refractivity contribution in [3.05, 3.63) is 12.2 Å². The van der Waals surface area contributed by atoms with E-state index in [0.717, 1.165) is 25.7 Å². The molecule has 0 radical (unpaired) electrons. The lowest BCUT2D eigenvalue weighted by Gasteiger charge is -2.52. The number of epoxide rings is 1. The maximum absolute atomic E-state index is 12.6. The monoisotopic (exact) mass is 220 g/mol. The molecule has 86 valence electrons. The first-order valence-corrected chi connectivity index (χ1v) is 6.24. The van der Waals surface area contributed by atoms with E-state index < -0.39 is 5.60 Å². The quantitative estimate of drug-likeness (QED) is 0.490. The van der Waals surface area contributed by atoms with Crippen molar-refractivity contribution in [1.29, 1.82) is 0 Å². The summed E-state index contributed by atoms with van der Waals surface area (Å²) in [6, 6.07) is 0. The summed E-state index contributed by atoms with van der Waals surface area (Å²) in [5.74, 6) is 0.946. The first kappa shape index (κ1) is 9.37. The van der Waals surface area contributed by atoms with Gasteiger partial charge in [0.05, 0.1) is 18.1 Å². The molecule has 5 unspecified atom stereocenters. The van der Waals surface area contributed by atoms with Gasteiger partial charge in [-0.05, 0) is 31.6 Å². The van der Waals surface area contributed by atoms with Gasteiger partial charge in [-0.25, -0.2) is 0 Å². The molecule has 4 aliphatic carbocycles. The number of ether oxygens (including phenoxy) is 1. The zero-order chi connectivity index (χ0) is 11.0. The number of allylic oxidation sites excluding steroid dienone is 1. The van der Waals surface area contributed by atoms with E-state index in [2.05, 4.69) is 12.2 Å². The summed E-state index contributed by atoms with van der Waals surface area (Å²) in [4.78, 5) is 12.6. The Morgan fingerprint density at radius 2 is 2.25 bits per heavy atom. The van der Waals surface area contributed by atoms with Gasteiger partial charge in [-0.2, -0.15) is 0 Å². The van der Waals surface area contributed by atoms with E-state index >= 15 is 0 Å². The number of aliphatic hydroxyl groups excluding tert-OH is 1. The molecule has 0 amide bonds. The van der Waals surface area contributed by atoms with Crippen LogP contribution in [0.1, 0.15) is 25.7 Å². The fraction of sp³-hybridized carbons (Fsp3) is 0.769. The molecule has 1 aliphatic heterocycles. The van der Waals surface area contributed by atoms with Gasteiger partial charge in [0.15, 0.2) is 11.4 Å². The maximum Gasteiger partial charge on any atom is 0.177 e. The summed E-state index contributed by atoms with van der Waals surface area (Å²) in [5, 5.41) is 9.74. The van der Waals surface area contributed by atoms with Crippen molar-refractivity contribution in [3.8, 4) is 0 Å². The molecule has 2 spiro atoms. The van der Waals surface area contributed by atoms with E-state index in [-0.39, 0.29) is 17.4 Å². The number of hydrogen-bond donors (Lipinski definition) is 1. The van der Waals surface area contributed by atoms with Gasteiger partial charge < -0.3 is 9.84 Å². The van der Waals surface area contributed by atoms with Crippen molar-refractivity contribution in [2.24, 2.45) is 17.3 Å². The second-order valence-electron chi connectivity index (χ2n) is 5.87. The molecule has 3 nitrogen and oxygen atoms in total. The van der Waals surface area contributed by atoms with Crippen LogP contribution in [0.5, 0.6) is 0 Å². The van der Waals surface area contributed by atoms with Gasteiger partial charge >= 0.3 is 0 Å². The van der Waals surface area contributed by atoms with Gasteiger partial charge in [0.2, 0.25) is 0 Å². The highest BCUT2D eigenvalue weighted by Crippen LogP contribution is 2.61. The minimum Gasteiger partial charge on any atom is -0.393 e. The largest absolute Gasteiger partial charge is 0.393 e. The van der Waals surface area contributed by atoms with E-state index in [4.69, 9.17) is 4.74 Å². The van der Waals surface area contributed by atoms with Crippen LogP contribution in [-0.2, 0) is 9.53 Å². The fourth-order valence-electron chi connectivity index (χ4n) is 4.17. The third-order valence-corrected chi connectivity index (χ3v) is 5.20. The van der Waals surface area contributed by atoms with Crippen LogP contribution in [0.3, 0.4) is 0 Å². The minimum atomic E-state index is -0.437. The molecule has 1 saturated heterocycles. The maximum atomic E-state index is 12.6. The fourth-order valence-corrected chi connectivity index (χ4v) is 4.17. The van der Waals surface area contributed by atoms with Crippen LogP contribution in [0, 0.1) is 17.3 Å². The smallest absolute Gasteiger partial charge is 0.177 e. The Kier molecular flexibility index (Phi) is 1.52. The molecule has 5 aliphatic rings. The second-order valence-corrected chi connectivity index (χ2v) is 5.87. The Morgan fingerprint density at radius 3 is 3.00 bits per heavy atom. The van der Waals surface area contributed by atoms with Crippen molar-refractivity contribution in [1.82, 2.24) is 0 Å². The van der Waals surface area contributed by atoms with Gasteiger partial charge in [-0.1, -0.05) is 12.2 Å². The highest BCUT2D eigenvalue weighted by Gasteiger charge is 2.70. The number of ketones is 1. The summed E-state index contributed by atoms with van der Waals surface area (Å²) in [7, 11) is 0. The Morgan fingerprint density at radius 1 is 1.44 bits per heavy atom. The Bertz CT molecular complexity index is 396. The first-order valence-electron chi connectivity index (χ1n) is 6.24. The van der Waals surface area contributed by atoms with Gasteiger partial charge in [-0.15, -0.1) is 0 Å². The third kappa shape index (κ3) is 0.868.